The number of ether oxygens (including phenoxy) is 4. The molecular weight excluding hydrogens is 528 g/mol. The standard InChI is InChI=1S/C28H38O12/c1-13-5-7-15(9-17(13)37-25-27(3,35)23(33)21(31)19(11-29)39-25)16-8-6-14(2)18(10-16)38-26-28(4,36)24(34)22(32)20(12-30)40-26/h5-10,19-26,29-36H,11-12H2,1-4H3/t19?,20?,21-,22-,23?,24?,25+,26+,27+,28+/m1/s1. The van der Waals surface area contributed by atoms with E-state index >= 15 is 0 Å². The van der Waals surface area contributed by atoms with Crippen LogP contribution in [0.1, 0.15) is 25.0 Å². The van der Waals surface area contributed by atoms with Crippen LogP contribution in [0.3, 0.4) is 0 Å². The second-order valence-corrected chi connectivity index (χ2v) is 10.9. The van der Waals surface area contributed by atoms with E-state index in [2.05, 4.69) is 0 Å². The minimum absolute atomic E-state index is 0.313. The molecule has 2 fully saturated rings. The van der Waals surface area contributed by atoms with Crippen molar-refractivity contribution in [2.24, 2.45) is 0 Å². The van der Waals surface area contributed by atoms with E-state index < -0.39 is 73.6 Å². The summed E-state index contributed by atoms with van der Waals surface area (Å²) in [6, 6.07) is 10.6. The van der Waals surface area contributed by atoms with Crippen molar-refractivity contribution in [1.82, 2.24) is 0 Å². The molecule has 0 saturated carbocycles. The molecule has 0 amide bonds. The van der Waals surface area contributed by atoms with Gasteiger partial charge in [0.1, 0.15) is 48.1 Å². The Kier molecular flexibility index (Phi) is 8.79. The molecule has 2 aromatic rings. The summed E-state index contributed by atoms with van der Waals surface area (Å²) in [5, 5.41) is 81.7. The molecule has 12 nitrogen and oxygen atoms in total. The maximum Gasteiger partial charge on any atom is 0.231 e. The Labute approximate surface area is 231 Å². The fourth-order valence-electron chi connectivity index (χ4n) is 4.77. The average molecular weight is 567 g/mol. The second-order valence-electron chi connectivity index (χ2n) is 10.9. The highest BCUT2D eigenvalue weighted by molar-refractivity contribution is 5.68. The summed E-state index contributed by atoms with van der Waals surface area (Å²) in [6.07, 6.45) is -11.4. The van der Waals surface area contributed by atoms with E-state index in [1.165, 1.54) is 13.8 Å². The van der Waals surface area contributed by atoms with Crippen molar-refractivity contribution in [2.45, 2.75) is 88.1 Å². The summed E-state index contributed by atoms with van der Waals surface area (Å²) in [5.41, 5.74) is -1.27. The monoisotopic (exact) mass is 566 g/mol. The van der Waals surface area contributed by atoms with Crippen LogP contribution in [0.25, 0.3) is 11.1 Å². The minimum Gasteiger partial charge on any atom is -0.461 e. The van der Waals surface area contributed by atoms with Gasteiger partial charge in [-0.2, -0.15) is 0 Å². The van der Waals surface area contributed by atoms with Gasteiger partial charge in [0.15, 0.2) is 11.2 Å². The first-order valence-electron chi connectivity index (χ1n) is 13.0. The first-order valence-corrected chi connectivity index (χ1v) is 13.0. The van der Waals surface area contributed by atoms with Crippen LogP contribution in [-0.2, 0) is 9.47 Å². The summed E-state index contributed by atoms with van der Waals surface area (Å²) in [4.78, 5) is 0. The van der Waals surface area contributed by atoms with E-state index in [0.717, 1.165) is 0 Å². The molecule has 0 spiro atoms. The van der Waals surface area contributed by atoms with Crippen LogP contribution in [0.5, 0.6) is 11.5 Å². The first-order chi connectivity index (χ1) is 18.7. The summed E-state index contributed by atoms with van der Waals surface area (Å²) in [6.45, 7) is 4.89. The van der Waals surface area contributed by atoms with Crippen LogP contribution in [-0.4, -0.2) is 114 Å². The molecule has 2 aromatic carbocycles. The number of aliphatic hydroxyl groups excluding tert-OH is 6. The van der Waals surface area contributed by atoms with Crippen molar-refractivity contribution >= 4 is 0 Å². The highest BCUT2D eigenvalue weighted by Gasteiger charge is 2.54. The normalized spacial score (nSPS) is 38.2. The van der Waals surface area contributed by atoms with Gasteiger partial charge in [0.05, 0.1) is 13.2 Å². The quantitative estimate of drug-likeness (QED) is 0.206. The lowest BCUT2D eigenvalue weighted by atomic mass is 9.88. The van der Waals surface area contributed by atoms with Gasteiger partial charge in [0.2, 0.25) is 12.6 Å². The molecule has 4 unspecified atom stereocenters. The van der Waals surface area contributed by atoms with Gasteiger partial charge >= 0.3 is 0 Å². The molecule has 10 atom stereocenters. The number of hydrogen-bond acceptors (Lipinski definition) is 12. The van der Waals surface area contributed by atoms with Gasteiger partial charge in [0.25, 0.3) is 0 Å². The Balaban J connectivity index is 1.61. The van der Waals surface area contributed by atoms with E-state index in [0.29, 0.717) is 33.8 Å². The molecule has 4 rings (SSSR count). The van der Waals surface area contributed by atoms with Crippen LogP contribution in [0.4, 0.5) is 0 Å². The molecule has 40 heavy (non-hydrogen) atoms. The summed E-state index contributed by atoms with van der Waals surface area (Å²) < 4.78 is 23.0. The lowest BCUT2D eigenvalue weighted by Gasteiger charge is -2.46. The van der Waals surface area contributed by atoms with Crippen LogP contribution < -0.4 is 9.47 Å². The first kappa shape index (κ1) is 30.6. The minimum atomic E-state index is -1.99. The molecule has 2 heterocycles. The molecule has 8 N–H and O–H groups in total. The highest BCUT2D eigenvalue weighted by atomic mass is 16.7. The van der Waals surface area contributed by atoms with Gasteiger partial charge in [-0.15, -0.1) is 0 Å². The predicted octanol–water partition coefficient (Wildman–Crippen LogP) is -0.892. The SMILES string of the molecule is Cc1ccc(-c2ccc(C)c(O[C@H]3OC(CO)[C@@H](O)C(O)[C@]3(C)O)c2)cc1O[C@H]1OC(CO)[C@@H](O)C(O)[C@]1(C)O. The van der Waals surface area contributed by atoms with Gasteiger partial charge < -0.3 is 59.8 Å². The molecule has 12 heteroatoms. The van der Waals surface area contributed by atoms with Crippen LogP contribution >= 0.6 is 0 Å². The molecule has 0 bridgehead atoms. The Morgan fingerprint density at radius 1 is 0.675 bits per heavy atom. The number of aliphatic hydroxyl groups is 8. The average Bonchev–Trinajstić information content (AvgIpc) is 2.92. The molecular formula is C28H38O12. The third-order valence-corrected chi connectivity index (χ3v) is 7.70. The molecule has 2 aliphatic heterocycles. The van der Waals surface area contributed by atoms with Crippen LogP contribution in [0, 0.1) is 13.8 Å². The Bertz CT molecular complexity index is 1090. The zero-order valence-corrected chi connectivity index (χ0v) is 22.7. The van der Waals surface area contributed by atoms with Crippen molar-refractivity contribution in [3.8, 4) is 22.6 Å². The van der Waals surface area contributed by atoms with Gasteiger partial charge in [-0.25, -0.2) is 0 Å². The highest BCUT2D eigenvalue weighted by Crippen LogP contribution is 2.37. The fraction of sp³-hybridized carbons (Fsp3) is 0.571. The second kappa shape index (κ2) is 11.5. The summed E-state index contributed by atoms with van der Waals surface area (Å²) in [7, 11) is 0. The third kappa shape index (κ3) is 5.57. The Morgan fingerprint density at radius 2 is 1.02 bits per heavy atom. The Hall–Kier alpha value is -2.36. The molecule has 2 aliphatic rings. The largest absolute Gasteiger partial charge is 0.461 e. The van der Waals surface area contributed by atoms with Gasteiger partial charge in [-0.3, -0.25) is 0 Å². The summed E-state index contributed by atoms with van der Waals surface area (Å²) >= 11 is 0. The molecule has 2 saturated heterocycles. The third-order valence-electron chi connectivity index (χ3n) is 7.70. The van der Waals surface area contributed by atoms with Crippen molar-refractivity contribution in [3.63, 3.8) is 0 Å². The lowest BCUT2D eigenvalue weighted by molar-refractivity contribution is -0.315. The van der Waals surface area contributed by atoms with E-state index in [1.54, 1.807) is 38.1 Å². The van der Waals surface area contributed by atoms with E-state index in [1.807, 2.05) is 12.1 Å². The summed E-state index contributed by atoms with van der Waals surface area (Å²) in [5.74, 6) is 0.625. The fourth-order valence-corrected chi connectivity index (χ4v) is 4.77. The number of hydrogen-bond donors (Lipinski definition) is 8. The van der Waals surface area contributed by atoms with Crippen LogP contribution in [0.2, 0.25) is 0 Å². The van der Waals surface area contributed by atoms with Crippen molar-refractivity contribution in [3.05, 3.63) is 47.5 Å². The van der Waals surface area contributed by atoms with Gasteiger partial charge in [-0.1, -0.05) is 24.3 Å². The van der Waals surface area contributed by atoms with Crippen molar-refractivity contribution in [2.75, 3.05) is 13.2 Å². The smallest absolute Gasteiger partial charge is 0.231 e. The number of rotatable bonds is 7. The van der Waals surface area contributed by atoms with Crippen LogP contribution in [0.15, 0.2) is 36.4 Å². The lowest BCUT2D eigenvalue weighted by Crippen LogP contribution is -2.66. The van der Waals surface area contributed by atoms with Gasteiger partial charge in [-0.05, 0) is 62.1 Å². The maximum absolute atomic E-state index is 10.8. The maximum atomic E-state index is 10.8. The zero-order chi connectivity index (χ0) is 29.6. The van der Waals surface area contributed by atoms with E-state index in [9.17, 15) is 40.9 Å². The Morgan fingerprint density at radius 3 is 1.35 bits per heavy atom. The van der Waals surface area contributed by atoms with Crippen molar-refractivity contribution < 1.29 is 59.8 Å². The van der Waals surface area contributed by atoms with E-state index in [4.69, 9.17) is 18.9 Å². The molecule has 0 radical (unpaired) electrons. The molecule has 0 aromatic heterocycles. The number of aryl methyl sites for hydroxylation is 2. The molecule has 0 aliphatic carbocycles. The van der Waals surface area contributed by atoms with Gasteiger partial charge in [0, 0.05) is 0 Å². The number of benzene rings is 2. The van der Waals surface area contributed by atoms with E-state index in [-0.39, 0.29) is 0 Å². The predicted molar refractivity (Wildman–Crippen MR) is 139 cm³/mol. The zero-order valence-electron chi connectivity index (χ0n) is 22.7. The van der Waals surface area contributed by atoms with Crippen molar-refractivity contribution in [1.29, 1.82) is 0 Å². The topological polar surface area (TPSA) is 199 Å². The molecule has 222 valence electrons.